The molecule has 1 aliphatic rings. The molecule has 6 heteroatoms. The van der Waals surface area contributed by atoms with Gasteiger partial charge in [0.05, 0.1) is 5.56 Å². The summed E-state index contributed by atoms with van der Waals surface area (Å²) in [6.07, 6.45) is 5.60. The van der Waals surface area contributed by atoms with Gasteiger partial charge in [0, 0.05) is 31.4 Å². The van der Waals surface area contributed by atoms with E-state index < -0.39 is 0 Å². The molecule has 0 aromatic carbocycles. The van der Waals surface area contributed by atoms with Crippen molar-refractivity contribution in [1.82, 2.24) is 9.88 Å². The van der Waals surface area contributed by atoms with Crippen molar-refractivity contribution < 1.29 is 10.0 Å². The van der Waals surface area contributed by atoms with E-state index in [0.29, 0.717) is 18.5 Å². The number of hydrogen-bond acceptors (Lipinski definition) is 4. The first-order valence-electron chi connectivity index (χ1n) is 5.89. The second-order valence-corrected chi connectivity index (χ2v) is 4.31. The molecule has 6 nitrogen and oxygen atoms in total. The SMILES string of the molecule is NC(CCN(C(=O)c1cccnc1)C1CC1)=NO. The van der Waals surface area contributed by atoms with E-state index in [-0.39, 0.29) is 17.8 Å². The molecule has 0 saturated heterocycles. The second-order valence-electron chi connectivity index (χ2n) is 4.31. The zero-order valence-corrected chi connectivity index (χ0v) is 9.99. The average Bonchev–Trinajstić information content (AvgIpc) is 3.24. The van der Waals surface area contributed by atoms with Crippen LogP contribution >= 0.6 is 0 Å². The first-order valence-corrected chi connectivity index (χ1v) is 5.89. The van der Waals surface area contributed by atoms with Gasteiger partial charge in [-0.25, -0.2) is 0 Å². The van der Waals surface area contributed by atoms with Crippen molar-refractivity contribution >= 4 is 11.7 Å². The van der Waals surface area contributed by atoms with Gasteiger partial charge in [0.1, 0.15) is 5.84 Å². The van der Waals surface area contributed by atoms with Gasteiger partial charge in [0.25, 0.3) is 5.91 Å². The Balaban J connectivity index is 2.04. The lowest BCUT2D eigenvalue weighted by atomic mass is 10.2. The average molecular weight is 248 g/mol. The molecular formula is C12H16N4O2. The zero-order valence-electron chi connectivity index (χ0n) is 9.99. The van der Waals surface area contributed by atoms with Gasteiger partial charge in [0.15, 0.2) is 0 Å². The lowest BCUT2D eigenvalue weighted by molar-refractivity contribution is 0.0747. The van der Waals surface area contributed by atoms with Crippen LogP contribution in [0.5, 0.6) is 0 Å². The lowest BCUT2D eigenvalue weighted by Crippen LogP contribution is -2.36. The fourth-order valence-corrected chi connectivity index (χ4v) is 1.78. The van der Waals surface area contributed by atoms with Crippen LogP contribution in [-0.4, -0.2) is 39.4 Å². The molecule has 1 amide bonds. The maximum atomic E-state index is 12.3. The highest BCUT2D eigenvalue weighted by Crippen LogP contribution is 2.28. The van der Waals surface area contributed by atoms with Crippen LogP contribution in [-0.2, 0) is 0 Å². The molecular weight excluding hydrogens is 232 g/mol. The third kappa shape index (κ3) is 2.97. The smallest absolute Gasteiger partial charge is 0.255 e. The van der Waals surface area contributed by atoms with Crippen molar-refractivity contribution in [3.8, 4) is 0 Å². The molecule has 1 heterocycles. The van der Waals surface area contributed by atoms with E-state index in [9.17, 15) is 4.79 Å². The van der Waals surface area contributed by atoms with E-state index in [4.69, 9.17) is 10.9 Å². The normalized spacial score (nSPS) is 15.4. The minimum atomic E-state index is -0.0451. The summed E-state index contributed by atoms with van der Waals surface area (Å²) >= 11 is 0. The maximum absolute atomic E-state index is 12.3. The van der Waals surface area contributed by atoms with Gasteiger partial charge in [-0.2, -0.15) is 0 Å². The quantitative estimate of drug-likeness (QED) is 0.349. The first kappa shape index (κ1) is 12.3. The number of pyridine rings is 1. The van der Waals surface area contributed by atoms with Crippen LogP contribution < -0.4 is 5.73 Å². The largest absolute Gasteiger partial charge is 0.409 e. The zero-order chi connectivity index (χ0) is 13.0. The summed E-state index contributed by atoms with van der Waals surface area (Å²) in [7, 11) is 0. The number of aromatic nitrogens is 1. The van der Waals surface area contributed by atoms with Crippen molar-refractivity contribution in [2.45, 2.75) is 25.3 Å². The van der Waals surface area contributed by atoms with Crippen LogP contribution in [0.2, 0.25) is 0 Å². The molecule has 0 atom stereocenters. The number of carbonyl (C=O) groups is 1. The molecule has 0 spiro atoms. The Kier molecular flexibility index (Phi) is 3.76. The fourth-order valence-electron chi connectivity index (χ4n) is 1.78. The molecule has 18 heavy (non-hydrogen) atoms. The number of hydrogen-bond donors (Lipinski definition) is 2. The van der Waals surface area contributed by atoms with Crippen LogP contribution in [0.25, 0.3) is 0 Å². The van der Waals surface area contributed by atoms with Crippen molar-refractivity contribution in [1.29, 1.82) is 0 Å². The molecule has 0 radical (unpaired) electrons. The summed E-state index contributed by atoms with van der Waals surface area (Å²) in [6.45, 7) is 0.467. The van der Waals surface area contributed by atoms with Crippen molar-refractivity contribution in [2.24, 2.45) is 10.9 Å². The first-order chi connectivity index (χ1) is 8.72. The lowest BCUT2D eigenvalue weighted by Gasteiger charge is -2.22. The molecule has 0 unspecified atom stereocenters. The second kappa shape index (κ2) is 5.48. The minimum Gasteiger partial charge on any atom is -0.409 e. The Morgan fingerprint density at radius 1 is 1.61 bits per heavy atom. The summed E-state index contributed by atoms with van der Waals surface area (Å²) in [5.74, 6) is 0.0935. The summed E-state index contributed by atoms with van der Waals surface area (Å²) in [5.41, 5.74) is 6.00. The molecule has 2 rings (SSSR count). The number of rotatable bonds is 5. The van der Waals surface area contributed by atoms with Gasteiger partial charge in [-0.3, -0.25) is 9.78 Å². The van der Waals surface area contributed by atoms with Gasteiger partial charge in [-0.05, 0) is 25.0 Å². The molecule has 1 fully saturated rings. The van der Waals surface area contributed by atoms with E-state index in [1.807, 2.05) is 0 Å². The highest BCUT2D eigenvalue weighted by Gasteiger charge is 2.32. The van der Waals surface area contributed by atoms with Crippen LogP contribution in [0.4, 0.5) is 0 Å². The number of amidine groups is 1. The Morgan fingerprint density at radius 2 is 2.39 bits per heavy atom. The van der Waals surface area contributed by atoms with E-state index >= 15 is 0 Å². The summed E-state index contributed by atoms with van der Waals surface area (Å²) < 4.78 is 0. The van der Waals surface area contributed by atoms with E-state index in [2.05, 4.69) is 10.1 Å². The molecule has 0 bridgehead atoms. The maximum Gasteiger partial charge on any atom is 0.255 e. The summed E-state index contributed by atoms with van der Waals surface area (Å²) in [6, 6.07) is 3.76. The molecule has 3 N–H and O–H groups in total. The standard InChI is InChI=1S/C12H16N4O2/c13-11(15-18)5-7-16(10-3-4-10)12(17)9-2-1-6-14-8-9/h1-2,6,8,10,18H,3-5,7H2,(H2,13,15). The fraction of sp³-hybridized carbons (Fsp3) is 0.417. The van der Waals surface area contributed by atoms with Gasteiger partial charge >= 0.3 is 0 Å². The number of nitrogens with two attached hydrogens (primary N) is 1. The van der Waals surface area contributed by atoms with Crippen molar-refractivity contribution in [2.75, 3.05) is 6.54 Å². The predicted molar refractivity (Wildman–Crippen MR) is 66.3 cm³/mol. The van der Waals surface area contributed by atoms with Crippen LogP contribution in [0, 0.1) is 0 Å². The van der Waals surface area contributed by atoms with Gasteiger partial charge in [-0.1, -0.05) is 5.16 Å². The van der Waals surface area contributed by atoms with Crippen LogP contribution in [0.1, 0.15) is 29.6 Å². The van der Waals surface area contributed by atoms with Gasteiger partial charge < -0.3 is 15.8 Å². The van der Waals surface area contributed by atoms with Gasteiger partial charge in [0.2, 0.25) is 0 Å². The third-order valence-corrected chi connectivity index (χ3v) is 2.89. The van der Waals surface area contributed by atoms with E-state index in [1.54, 1.807) is 29.4 Å². The van der Waals surface area contributed by atoms with Crippen molar-refractivity contribution in [3.63, 3.8) is 0 Å². The van der Waals surface area contributed by atoms with Crippen molar-refractivity contribution in [3.05, 3.63) is 30.1 Å². The molecule has 0 aliphatic heterocycles. The summed E-state index contributed by atoms with van der Waals surface area (Å²) in [5, 5.41) is 11.4. The van der Waals surface area contributed by atoms with E-state index in [1.165, 1.54) is 0 Å². The minimum absolute atomic E-state index is 0.0451. The molecule has 1 aliphatic carbocycles. The number of oxime groups is 1. The van der Waals surface area contributed by atoms with Gasteiger partial charge in [-0.15, -0.1) is 0 Å². The topological polar surface area (TPSA) is 91.8 Å². The molecule has 1 saturated carbocycles. The molecule has 96 valence electrons. The monoisotopic (exact) mass is 248 g/mol. The Morgan fingerprint density at radius 3 is 2.94 bits per heavy atom. The Bertz CT molecular complexity index is 443. The number of carbonyl (C=O) groups excluding carboxylic acids is 1. The predicted octanol–water partition coefficient (Wildman–Crippen LogP) is 0.823. The highest BCUT2D eigenvalue weighted by molar-refractivity contribution is 5.94. The number of nitrogens with zero attached hydrogens (tertiary/aromatic N) is 3. The third-order valence-electron chi connectivity index (χ3n) is 2.89. The summed E-state index contributed by atoms with van der Waals surface area (Å²) in [4.78, 5) is 18.0. The Hall–Kier alpha value is -2.11. The molecule has 1 aromatic rings. The van der Waals surface area contributed by atoms with Crippen LogP contribution in [0.15, 0.2) is 29.7 Å². The van der Waals surface area contributed by atoms with Crippen LogP contribution in [0.3, 0.4) is 0 Å². The molecule has 1 aromatic heterocycles. The highest BCUT2D eigenvalue weighted by atomic mass is 16.4. The number of amides is 1. The Labute approximate surface area is 105 Å². The van der Waals surface area contributed by atoms with E-state index in [0.717, 1.165) is 12.8 Å².